The van der Waals surface area contributed by atoms with Crippen molar-refractivity contribution in [3.63, 3.8) is 0 Å². The second kappa shape index (κ2) is 4.73. The molecule has 3 nitrogen and oxygen atoms in total. The molecule has 1 saturated heterocycles. The minimum Gasteiger partial charge on any atom is -0.496 e. The standard InChI is InChI=1S/C15H21NO2/c1-10-6-7-12(13(18-4)11(10)2)14(17)15(3)8-5-9-16-15/h6-7,16H,5,8-9H2,1-4H3. The van der Waals surface area contributed by atoms with Crippen molar-refractivity contribution in [2.24, 2.45) is 0 Å². The molecule has 1 heterocycles. The van der Waals surface area contributed by atoms with E-state index in [0.29, 0.717) is 5.56 Å². The highest BCUT2D eigenvalue weighted by molar-refractivity contribution is 6.05. The summed E-state index contributed by atoms with van der Waals surface area (Å²) < 4.78 is 5.43. The van der Waals surface area contributed by atoms with E-state index in [1.54, 1.807) is 7.11 Å². The second-order valence-corrected chi connectivity index (χ2v) is 5.28. The Kier molecular flexibility index (Phi) is 3.44. The number of aryl methyl sites for hydroxylation is 1. The zero-order valence-corrected chi connectivity index (χ0v) is 11.6. The van der Waals surface area contributed by atoms with Crippen LogP contribution in [0.15, 0.2) is 12.1 Å². The summed E-state index contributed by atoms with van der Waals surface area (Å²) in [6, 6.07) is 3.87. The Morgan fingerprint density at radius 1 is 1.39 bits per heavy atom. The molecule has 1 aliphatic rings. The maximum Gasteiger partial charge on any atom is 0.186 e. The largest absolute Gasteiger partial charge is 0.496 e. The lowest BCUT2D eigenvalue weighted by atomic mass is 9.88. The van der Waals surface area contributed by atoms with Gasteiger partial charge < -0.3 is 10.1 Å². The van der Waals surface area contributed by atoms with E-state index in [1.165, 1.54) is 0 Å². The van der Waals surface area contributed by atoms with Crippen LogP contribution in [0, 0.1) is 13.8 Å². The number of methoxy groups -OCH3 is 1. The van der Waals surface area contributed by atoms with Crippen LogP contribution in [0.4, 0.5) is 0 Å². The summed E-state index contributed by atoms with van der Waals surface area (Å²) >= 11 is 0. The molecule has 0 spiro atoms. The van der Waals surface area contributed by atoms with E-state index in [1.807, 2.05) is 32.9 Å². The van der Waals surface area contributed by atoms with Crippen LogP contribution in [-0.4, -0.2) is 25.0 Å². The fourth-order valence-electron chi connectivity index (χ4n) is 2.62. The maximum atomic E-state index is 12.7. The van der Waals surface area contributed by atoms with Gasteiger partial charge in [-0.15, -0.1) is 0 Å². The van der Waals surface area contributed by atoms with Crippen LogP contribution in [0.3, 0.4) is 0 Å². The Balaban J connectivity index is 2.45. The molecular formula is C15H21NO2. The Bertz CT molecular complexity index is 474. The Labute approximate surface area is 109 Å². The SMILES string of the molecule is COc1c(C(=O)C2(C)CCCN2)ccc(C)c1C. The maximum absolute atomic E-state index is 12.7. The van der Waals surface area contributed by atoms with E-state index in [2.05, 4.69) is 5.32 Å². The summed E-state index contributed by atoms with van der Waals surface area (Å²) in [6.45, 7) is 6.92. The van der Waals surface area contributed by atoms with Gasteiger partial charge in [-0.3, -0.25) is 4.79 Å². The van der Waals surface area contributed by atoms with E-state index in [0.717, 1.165) is 36.3 Å². The lowest BCUT2D eigenvalue weighted by Gasteiger charge is -2.24. The van der Waals surface area contributed by atoms with Crippen LogP contribution in [0.2, 0.25) is 0 Å². The molecule has 1 aliphatic heterocycles. The number of carbonyl (C=O) groups excluding carboxylic acids is 1. The molecule has 1 fully saturated rings. The molecule has 2 rings (SSSR count). The smallest absolute Gasteiger partial charge is 0.186 e. The van der Waals surface area contributed by atoms with E-state index < -0.39 is 5.54 Å². The first-order valence-electron chi connectivity index (χ1n) is 6.43. The van der Waals surface area contributed by atoms with Gasteiger partial charge in [-0.2, -0.15) is 0 Å². The third-order valence-corrected chi connectivity index (χ3v) is 4.00. The van der Waals surface area contributed by atoms with Gasteiger partial charge in [0.15, 0.2) is 5.78 Å². The van der Waals surface area contributed by atoms with Crippen LogP contribution in [0.25, 0.3) is 0 Å². The predicted molar refractivity (Wildman–Crippen MR) is 72.4 cm³/mol. The topological polar surface area (TPSA) is 38.3 Å². The molecular weight excluding hydrogens is 226 g/mol. The number of hydrogen-bond donors (Lipinski definition) is 1. The highest BCUT2D eigenvalue weighted by Gasteiger charge is 2.37. The molecule has 3 heteroatoms. The molecule has 0 bridgehead atoms. The van der Waals surface area contributed by atoms with Crippen molar-refractivity contribution in [2.45, 2.75) is 39.2 Å². The first-order chi connectivity index (χ1) is 8.49. The van der Waals surface area contributed by atoms with Gasteiger partial charge in [0.1, 0.15) is 5.75 Å². The normalized spacial score (nSPS) is 23.1. The summed E-state index contributed by atoms with van der Waals surface area (Å²) in [5.41, 5.74) is 2.45. The zero-order valence-electron chi connectivity index (χ0n) is 11.6. The van der Waals surface area contributed by atoms with Crippen LogP contribution < -0.4 is 10.1 Å². The number of benzene rings is 1. The van der Waals surface area contributed by atoms with Crippen molar-refractivity contribution >= 4 is 5.78 Å². The summed E-state index contributed by atoms with van der Waals surface area (Å²) in [4.78, 5) is 12.7. The molecule has 0 radical (unpaired) electrons. The van der Waals surface area contributed by atoms with Crippen LogP contribution in [-0.2, 0) is 0 Å². The van der Waals surface area contributed by atoms with Crippen molar-refractivity contribution in [2.75, 3.05) is 13.7 Å². The number of hydrogen-bond acceptors (Lipinski definition) is 3. The Morgan fingerprint density at radius 2 is 2.11 bits per heavy atom. The van der Waals surface area contributed by atoms with Gasteiger partial charge in [0.25, 0.3) is 0 Å². The minimum atomic E-state index is -0.436. The molecule has 1 aromatic carbocycles. The molecule has 0 aliphatic carbocycles. The van der Waals surface area contributed by atoms with Crippen molar-refractivity contribution in [3.8, 4) is 5.75 Å². The van der Waals surface area contributed by atoms with Gasteiger partial charge in [-0.05, 0) is 57.4 Å². The molecule has 1 N–H and O–H groups in total. The van der Waals surface area contributed by atoms with Crippen LogP contribution >= 0.6 is 0 Å². The van der Waals surface area contributed by atoms with E-state index >= 15 is 0 Å². The molecule has 18 heavy (non-hydrogen) atoms. The fraction of sp³-hybridized carbons (Fsp3) is 0.533. The Hall–Kier alpha value is -1.35. The summed E-state index contributed by atoms with van der Waals surface area (Å²) in [7, 11) is 1.63. The van der Waals surface area contributed by atoms with E-state index in [-0.39, 0.29) is 5.78 Å². The van der Waals surface area contributed by atoms with Crippen molar-refractivity contribution in [1.82, 2.24) is 5.32 Å². The number of rotatable bonds is 3. The van der Waals surface area contributed by atoms with Gasteiger partial charge in [-0.25, -0.2) is 0 Å². The first-order valence-corrected chi connectivity index (χ1v) is 6.43. The quantitative estimate of drug-likeness (QED) is 0.834. The average molecular weight is 247 g/mol. The number of Topliss-reactive ketones (excluding diaryl/α,β-unsaturated/α-hetero) is 1. The molecule has 0 aromatic heterocycles. The first kappa shape index (κ1) is 13.1. The Morgan fingerprint density at radius 3 is 2.67 bits per heavy atom. The van der Waals surface area contributed by atoms with Gasteiger partial charge in [-0.1, -0.05) is 6.07 Å². The second-order valence-electron chi connectivity index (χ2n) is 5.28. The monoisotopic (exact) mass is 247 g/mol. The van der Waals surface area contributed by atoms with Gasteiger partial charge in [0.2, 0.25) is 0 Å². The number of nitrogens with one attached hydrogen (secondary N) is 1. The van der Waals surface area contributed by atoms with Crippen molar-refractivity contribution in [3.05, 3.63) is 28.8 Å². The number of carbonyl (C=O) groups is 1. The molecule has 0 amide bonds. The lowest BCUT2D eigenvalue weighted by Crippen LogP contribution is -2.44. The predicted octanol–water partition coefficient (Wildman–Crippen LogP) is 2.64. The fourth-order valence-corrected chi connectivity index (χ4v) is 2.62. The molecule has 0 saturated carbocycles. The summed E-state index contributed by atoms with van der Waals surface area (Å²) in [5, 5.41) is 3.31. The van der Waals surface area contributed by atoms with Gasteiger partial charge in [0.05, 0.1) is 18.2 Å². The summed E-state index contributed by atoms with van der Waals surface area (Å²) in [5.74, 6) is 0.856. The highest BCUT2D eigenvalue weighted by Crippen LogP contribution is 2.31. The molecule has 1 atom stereocenters. The molecule has 1 aromatic rings. The average Bonchev–Trinajstić information content (AvgIpc) is 2.80. The number of ether oxygens (including phenoxy) is 1. The molecule has 98 valence electrons. The third kappa shape index (κ3) is 2.03. The highest BCUT2D eigenvalue weighted by atomic mass is 16.5. The van der Waals surface area contributed by atoms with E-state index in [4.69, 9.17) is 4.74 Å². The summed E-state index contributed by atoms with van der Waals surface area (Å²) in [6.07, 6.45) is 1.94. The van der Waals surface area contributed by atoms with Crippen LogP contribution in [0.1, 0.15) is 41.3 Å². The zero-order chi connectivity index (χ0) is 13.3. The van der Waals surface area contributed by atoms with Crippen molar-refractivity contribution in [1.29, 1.82) is 0 Å². The van der Waals surface area contributed by atoms with Crippen LogP contribution in [0.5, 0.6) is 5.75 Å². The van der Waals surface area contributed by atoms with E-state index in [9.17, 15) is 4.79 Å². The van der Waals surface area contributed by atoms with Gasteiger partial charge in [0, 0.05) is 0 Å². The lowest BCUT2D eigenvalue weighted by molar-refractivity contribution is 0.0881. The molecule has 1 unspecified atom stereocenters. The van der Waals surface area contributed by atoms with Crippen molar-refractivity contribution < 1.29 is 9.53 Å². The minimum absolute atomic E-state index is 0.139. The third-order valence-electron chi connectivity index (χ3n) is 4.00. The number of ketones is 1. The van der Waals surface area contributed by atoms with Gasteiger partial charge >= 0.3 is 0 Å².